The van der Waals surface area contributed by atoms with Gasteiger partial charge in [0.1, 0.15) is 18.2 Å². The van der Waals surface area contributed by atoms with E-state index in [0.29, 0.717) is 24.5 Å². The first kappa shape index (κ1) is 23.7. The average Bonchev–Trinajstić information content (AvgIpc) is 2.77. The summed E-state index contributed by atoms with van der Waals surface area (Å²) in [6, 6.07) is 8.03. The first-order valence-electron chi connectivity index (χ1n) is 9.56. The van der Waals surface area contributed by atoms with Gasteiger partial charge >= 0.3 is 5.97 Å². The summed E-state index contributed by atoms with van der Waals surface area (Å²) in [4.78, 5) is 24.6. The van der Waals surface area contributed by atoms with E-state index in [9.17, 15) is 20.0 Å². The molecule has 0 saturated heterocycles. The fourth-order valence-corrected chi connectivity index (χ4v) is 2.64. The number of benzene rings is 1. The van der Waals surface area contributed by atoms with E-state index >= 15 is 0 Å². The van der Waals surface area contributed by atoms with Gasteiger partial charge in [-0.2, -0.15) is 10.4 Å². The van der Waals surface area contributed by atoms with Gasteiger partial charge < -0.3 is 19.3 Å². The molecule has 0 saturated carbocycles. The quantitative estimate of drug-likeness (QED) is 0.349. The van der Waals surface area contributed by atoms with Crippen LogP contribution in [0, 0.1) is 18.3 Å². The van der Waals surface area contributed by atoms with Gasteiger partial charge in [-0.1, -0.05) is 0 Å². The molecule has 0 aliphatic heterocycles. The Morgan fingerprint density at radius 3 is 2.45 bits per heavy atom. The molecule has 2 rings (SSSR count). The molecular weight excluding hydrogens is 404 g/mol. The molecule has 0 radical (unpaired) electrons. The van der Waals surface area contributed by atoms with Crippen molar-refractivity contribution < 1.29 is 24.1 Å². The van der Waals surface area contributed by atoms with Crippen LogP contribution in [-0.4, -0.2) is 49.2 Å². The number of nitriles is 1. The Hall–Kier alpha value is -3.55. The van der Waals surface area contributed by atoms with Crippen molar-refractivity contribution in [3.8, 4) is 11.9 Å². The second-order valence-electron chi connectivity index (χ2n) is 6.32. The minimum absolute atomic E-state index is 0.0281. The second kappa shape index (κ2) is 11.6. The summed E-state index contributed by atoms with van der Waals surface area (Å²) in [7, 11) is 1.57. The van der Waals surface area contributed by atoms with Gasteiger partial charge in [0, 0.05) is 19.2 Å². The van der Waals surface area contributed by atoms with Gasteiger partial charge in [-0.05, 0) is 38.1 Å². The summed E-state index contributed by atoms with van der Waals surface area (Å²) in [6.07, 6.45) is 0. The Morgan fingerprint density at radius 1 is 1.16 bits per heavy atom. The number of aromatic hydroxyl groups is 1. The summed E-state index contributed by atoms with van der Waals surface area (Å²) in [5.74, 6) is -0.892. The molecule has 31 heavy (non-hydrogen) atoms. The first-order valence-corrected chi connectivity index (χ1v) is 9.56. The number of methoxy groups -OCH3 is 1. The molecule has 10 nitrogen and oxygen atoms in total. The number of rotatable bonds is 10. The third kappa shape index (κ3) is 5.97. The number of azo groups is 1. The number of hydrogen-bond acceptors (Lipinski definition) is 9. The van der Waals surface area contributed by atoms with E-state index in [1.165, 1.54) is 19.1 Å². The van der Waals surface area contributed by atoms with E-state index in [0.717, 1.165) is 4.57 Å². The number of pyridine rings is 1. The average molecular weight is 428 g/mol. The van der Waals surface area contributed by atoms with Crippen LogP contribution in [0.2, 0.25) is 0 Å². The number of carbonyl (C=O) groups excluding carboxylic acids is 1. The van der Waals surface area contributed by atoms with Crippen molar-refractivity contribution in [1.29, 1.82) is 5.26 Å². The van der Waals surface area contributed by atoms with Crippen molar-refractivity contribution >= 4 is 17.3 Å². The van der Waals surface area contributed by atoms with E-state index in [1.807, 2.05) is 6.07 Å². The number of esters is 1. The summed E-state index contributed by atoms with van der Waals surface area (Å²) < 4.78 is 16.2. The third-order valence-corrected chi connectivity index (χ3v) is 4.35. The second-order valence-corrected chi connectivity index (χ2v) is 6.32. The SMILES string of the molecule is CCn1c(O)c(C#N)c(C)c(N=Nc2ccc(C(=O)OCCOCCOC)cc2)c1=O. The molecule has 1 aromatic carbocycles. The zero-order valence-electron chi connectivity index (χ0n) is 17.6. The smallest absolute Gasteiger partial charge is 0.338 e. The number of carbonyl (C=O) groups is 1. The lowest BCUT2D eigenvalue weighted by atomic mass is 10.1. The highest BCUT2D eigenvalue weighted by Crippen LogP contribution is 2.26. The van der Waals surface area contributed by atoms with Crippen molar-refractivity contribution in [2.24, 2.45) is 10.2 Å². The molecule has 1 aromatic heterocycles. The predicted octanol–water partition coefficient (Wildman–Crippen LogP) is 2.99. The van der Waals surface area contributed by atoms with Gasteiger partial charge in [-0.3, -0.25) is 9.36 Å². The summed E-state index contributed by atoms with van der Waals surface area (Å²) in [6.45, 7) is 4.65. The maximum Gasteiger partial charge on any atom is 0.338 e. The number of ether oxygens (including phenoxy) is 3. The fourth-order valence-electron chi connectivity index (χ4n) is 2.64. The highest BCUT2D eigenvalue weighted by molar-refractivity contribution is 5.89. The molecule has 1 N–H and O–H groups in total. The molecule has 0 bridgehead atoms. The molecular formula is C21H24N4O6. The van der Waals surface area contributed by atoms with E-state index in [-0.39, 0.29) is 36.6 Å². The molecule has 0 aliphatic carbocycles. The van der Waals surface area contributed by atoms with Gasteiger partial charge in [-0.25, -0.2) is 4.79 Å². The van der Waals surface area contributed by atoms with Crippen LogP contribution in [0.5, 0.6) is 5.88 Å². The Kier molecular flexibility index (Phi) is 8.87. The standard InChI is InChI=1S/C21H24N4O6/c1-4-25-19(26)17(13-22)14(2)18(20(25)27)24-23-16-7-5-15(6-8-16)21(28)31-12-11-30-10-9-29-3/h5-8,26H,4,9-12H2,1-3H3. The third-order valence-electron chi connectivity index (χ3n) is 4.35. The van der Waals surface area contributed by atoms with Crippen LogP contribution in [0.15, 0.2) is 39.3 Å². The molecule has 0 aliphatic rings. The lowest BCUT2D eigenvalue weighted by Gasteiger charge is -2.10. The normalized spacial score (nSPS) is 10.9. The summed E-state index contributed by atoms with van der Waals surface area (Å²) in [5.41, 5.74) is 0.358. The molecule has 0 amide bonds. The van der Waals surface area contributed by atoms with Crippen LogP contribution >= 0.6 is 0 Å². The van der Waals surface area contributed by atoms with E-state index in [2.05, 4.69) is 10.2 Å². The molecule has 164 valence electrons. The van der Waals surface area contributed by atoms with Crippen molar-refractivity contribution in [1.82, 2.24) is 4.57 Å². The first-order chi connectivity index (χ1) is 14.9. The van der Waals surface area contributed by atoms with Gasteiger partial charge in [0.2, 0.25) is 5.88 Å². The number of aromatic nitrogens is 1. The summed E-state index contributed by atoms with van der Waals surface area (Å²) >= 11 is 0. The van der Waals surface area contributed by atoms with Crippen molar-refractivity contribution in [3.63, 3.8) is 0 Å². The predicted molar refractivity (Wildman–Crippen MR) is 111 cm³/mol. The zero-order valence-corrected chi connectivity index (χ0v) is 17.6. The monoisotopic (exact) mass is 428 g/mol. The lowest BCUT2D eigenvalue weighted by Crippen LogP contribution is -2.20. The van der Waals surface area contributed by atoms with Crippen LogP contribution in [0.25, 0.3) is 0 Å². The highest BCUT2D eigenvalue weighted by atomic mass is 16.6. The number of nitrogens with zero attached hydrogens (tertiary/aromatic N) is 4. The van der Waals surface area contributed by atoms with Crippen molar-refractivity contribution in [3.05, 3.63) is 51.3 Å². The Balaban J connectivity index is 2.09. The Morgan fingerprint density at radius 2 is 1.84 bits per heavy atom. The maximum absolute atomic E-state index is 12.5. The minimum Gasteiger partial charge on any atom is -0.493 e. The molecule has 1 heterocycles. The maximum atomic E-state index is 12.5. The molecule has 2 aromatic rings. The van der Waals surface area contributed by atoms with Gasteiger partial charge in [0.25, 0.3) is 5.56 Å². The van der Waals surface area contributed by atoms with Crippen LogP contribution in [0.1, 0.15) is 28.4 Å². The van der Waals surface area contributed by atoms with Crippen LogP contribution in [0.4, 0.5) is 11.4 Å². The van der Waals surface area contributed by atoms with E-state index < -0.39 is 17.4 Å². The number of hydrogen-bond donors (Lipinski definition) is 1. The molecule has 0 fully saturated rings. The molecule has 0 atom stereocenters. The van der Waals surface area contributed by atoms with Crippen LogP contribution in [-0.2, 0) is 20.8 Å². The molecule has 0 spiro atoms. The Labute approximate surface area is 179 Å². The van der Waals surface area contributed by atoms with Crippen LogP contribution in [0.3, 0.4) is 0 Å². The van der Waals surface area contributed by atoms with Gasteiger partial charge in [-0.15, -0.1) is 5.11 Å². The molecule has 10 heteroatoms. The van der Waals surface area contributed by atoms with Gasteiger partial charge in [0.05, 0.1) is 31.1 Å². The highest BCUT2D eigenvalue weighted by Gasteiger charge is 2.18. The van der Waals surface area contributed by atoms with E-state index in [4.69, 9.17) is 14.2 Å². The lowest BCUT2D eigenvalue weighted by molar-refractivity contribution is 0.0214. The fraction of sp³-hybridized carbons (Fsp3) is 0.381. The topological polar surface area (TPSA) is 136 Å². The van der Waals surface area contributed by atoms with E-state index in [1.54, 1.807) is 26.2 Å². The Bertz CT molecular complexity index is 1040. The largest absolute Gasteiger partial charge is 0.493 e. The van der Waals surface area contributed by atoms with Crippen LogP contribution < -0.4 is 5.56 Å². The van der Waals surface area contributed by atoms with Crippen molar-refractivity contribution in [2.75, 3.05) is 33.5 Å². The summed E-state index contributed by atoms with van der Waals surface area (Å²) in [5, 5.41) is 27.3. The molecule has 0 unspecified atom stereocenters. The van der Waals surface area contributed by atoms with Crippen molar-refractivity contribution in [2.45, 2.75) is 20.4 Å². The minimum atomic E-state index is -0.548. The zero-order chi connectivity index (χ0) is 22.8. The van der Waals surface area contributed by atoms with Gasteiger partial charge in [0.15, 0.2) is 5.69 Å².